The van der Waals surface area contributed by atoms with Crippen molar-refractivity contribution in [2.75, 3.05) is 25.5 Å². The molecule has 0 radical (unpaired) electrons. The third-order valence-corrected chi connectivity index (χ3v) is 10.6. The van der Waals surface area contributed by atoms with Gasteiger partial charge in [-0.2, -0.15) is 0 Å². The van der Waals surface area contributed by atoms with Crippen molar-refractivity contribution < 1.29 is 19.2 Å². The summed E-state index contributed by atoms with van der Waals surface area (Å²) in [5, 5.41) is 6.31. The van der Waals surface area contributed by atoms with Crippen LogP contribution in [-0.2, 0) is 32.0 Å². The van der Waals surface area contributed by atoms with Gasteiger partial charge in [-0.15, -0.1) is 0 Å². The van der Waals surface area contributed by atoms with Crippen LogP contribution in [0.15, 0.2) is 29.8 Å². The molecule has 0 saturated carbocycles. The van der Waals surface area contributed by atoms with Crippen molar-refractivity contribution in [3.05, 3.63) is 41.0 Å². The molecule has 4 rings (SSSR count). The van der Waals surface area contributed by atoms with Crippen LogP contribution in [0.5, 0.6) is 0 Å². The normalized spacial score (nSPS) is 21.9. The number of likely N-dealkylation sites (N-methyl/N-ethyl adjacent to an activating group) is 1. The molecule has 2 saturated heterocycles. The van der Waals surface area contributed by atoms with Crippen LogP contribution in [0.4, 0.5) is 5.69 Å². The Hall–Kier alpha value is -3.20. The van der Waals surface area contributed by atoms with Crippen molar-refractivity contribution in [1.82, 2.24) is 20.0 Å². The molecule has 2 N–H and O–H groups in total. The maximum atomic E-state index is 14.2. The Labute approximate surface area is 289 Å². The summed E-state index contributed by atoms with van der Waals surface area (Å²) < 4.78 is 0. The first kappa shape index (κ1) is 37.6. The number of amides is 4. The fourth-order valence-corrected chi connectivity index (χ4v) is 7.79. The lowest BCUT2D eigenvalue weighted by Gasteiger charge is -2.41. The second-order valence-corrected chi connectivity index (χ2v) is 16.0. The molecule has 9 nitrogen and oxygen atoms in total. The van der Waals surface area contributed by atoms with Gasteiger partial charge in [-0.1, -0.05) is 59.2 Å². The van der Waals surface area contributed by atoms with Crippen LogP contribution in [-0.4, -0.2) is 88.7 Å². The van der Waals surface area contributed by atoms with Crippen LogP contribution in [0.1, 0.15) is 111 Å². The van der Waals surface area contributed by atoms with Crippen molar-refractivity contribution in [2.45, 2.75) is 143 Å². The van der Waals surface area contributed by atoms with E-state index >= 15 is 0 Å². The number of benzene rings is 1. The van der Waals surface area contributed by atoms with Crippen LogP contribution < -0.4 is 10.6 Å². The van der Waals surface area contributed by atoms with Gasteiger partial charge in [0.25, 0.3) is 0 Å². The van der Waals surface area contributed by atoms with Gasteiger partial charge < -0.3 is 20.4 Å². The molecule has 2 aliphatic heterocycles. The lowest BCUT2D eigenvalue weighted by Crippen LogP contribution is -2.60. The molecule has 1 aromatic carbocycles. The number of nitrogens with zero attached hydrogens (tertiary/aromatic N) is 3. The Morgan fingerprint density at radius 3 is 2.25 bits per heavy atom. The van der Waals surface area contributed by atoms with Gasteiger partial charge in [0, 0.05) is 30.9 Å². The number of likely N-dealkylation sites (tertiary alicyclic amines) is 2. The molecule has 2 heterocycles. The van der Waals surface area contributed by atoms with E-state index in [9.17, 15) is 19.2 Å². The predicted molar refractivity (Wildman–Crippen MR) is 192 cm³/mol. The quantitative estimate of drug-likeness (QED) is 0.312. The number of hydrogen-bond donors (Lipinski definition) is 2. The first-order valence-corrected chi connectivity index (χ1v) is 18.4. The van der Waals surface area contributed by atoms with Crippen molar-refractivity contribution >= 4 is 29.3 Å². The summed E-state index contributed by atoms with van der Waals surface area (Å²) in [5.74, 6) is -0.584. The van der Waals surface area contributed by atoms with Crippen molar-refractivity contribution in [2.24, 2.45) is 11.3 Å². The molecule has 48 heavy (non-hydrogen) atoms. The zero-order valence-electron chi connectivity index (χ0n) is 31.0. The highest BCUT2D eigenvalue weighted by atomic mass is 16.2. The average Bonchev–Trinajstić information content (AvgIpc) is 3.54. The summed E-state index contributed by atoms with van der Waals surface area (Å²) >= 11 is 0. The van der Waals surface area contributed by atoms with Crippen LogP contribution in [0.25, 0.3) is 0 Å². The number of fused-ring (bicyclic) bond motifs is 1. The lowest BCUT2D eigenvalue weighted by atomic mass is 9.84. The second kappa shape index (κ2) is 16.0. The van der Waals surface area contributed by atoms with Gasteiger partial charge in [0.2, 0.25) is 23.6 Å². The predicted octanol–water partition coefficient (Wildman–Crippen LogP) is 5.72. The fourth-order valence-electron chi connectivity index (χ4n) is 7.79. The Morgan fingerprint density at radius 1 is 0.896 bits per heavy atom. The number of hydrogen-bond acceptors (Lipinski definition) is 5. The van der Waals surface area contributed by atoms with E-state index in [0.29, 0.717) is 18.5 Å². The number of carbonyl (C=O) groups excluding carboxylic acids is 4. The molecular formula is C39H61N5O4. The number of carbonyl (C=O) groups is 4. The Morgan fingerprint density at radius 2 is 1.58 bits per heavy atom. The first-order valence-electron chi connectivity index (χ1n) is 18.4. The average molecular weight is 664 g/mol. The Bertz CT molecular complexity index is 1360. The zero-order valence-corrected chi connectivity index (χ0v) is 31.0. The molecule has 1 aromatic rings. The molecular weight excluding hydrogens is 602 g/mol. The van der Waals surface area contributed by atoms with Gasteiger partial charge >= 0.3 is 0 Å². The van der Waals surface area contributed by atoms with Crippen LogP contribution in [0.2, 0.25) is 0 Å². The number of aryl methyl sites for hydroxylation is 1. The summed E-state index contributed by atoms with van der Waals surface area (Å²) in [4.78, 5) is 61.0. The van der Waals surface area contributed by atoms with E-state index in [1.807, 2.05) is 52.8 Å². The Balaban J connectivity index is 1.49. The number of rotatable bonds is 10. The van der Waals surface area contributed by atoms with E-state index in [1.165, 1.54) is 17.5 Å². The van der Waals surface area contributed by atoms with E-state index in [2.05, 4.69) is 35.4 Å². The van der Waals surface area contributed by atoms with E-state index in [0.717, 1.165) is 57.2 Å². The second-order valence-electron chi connectivity index (χ2n) is 16.0. The molecule has 266 valence electrons. The van der Waals surface area contributed by atoms with Gasteiger partial charge in [0.1, 0.15) is 12.1 Å². The molecule has 0 aromatic heterocycles. The SMILES string of the molecule is CC(=C[C@H](C(C)C)N(C)C(=O)[C@@H](NC(=O)[C@H]1CCCCN1C(C)C)C(C)(C)C)C(=O)N1CCC[C@H]1C(=O)Nc1cccc2c1CCCC2. The molecule has 3 aliphatic rings. The van der Waals surface area contributed by atoms with Gasteiger partial charge in [0.15, 0.2) is 0 Å². The smallest absolute Gasteiger partial charge is 0.249 e. The maximum Gasteiger partial charge on any atom is 0.249 e. The summed E-state index contributed by atoms with van der Waals surface area (Å²) in [5.41, 5.74) is 3.37. The summed E-state index contributed by atoms with van der Waals surface area (Å²) in [6.45, 7) is 17.4. The molecule has 0 unspecified atom stereocenters. The van der Waals surface area contributed by atoms with Crippen molar-refractivity contribution in [3.63, 3.8) is 0 Å². The summed E-state index contributed by atoms with van der Waals surface area (Å²) in [6.07, 6.45) is 10.4. The molecule has 4 amide bonds. The summed E-state index contributed by atoms with van der Waals surface area (Å²) in [7, 11) is 1.76. The van der Waals surface area contributed by atoms with Crippen LogP contribution >= 0.6 is 0 Å². The number of nitrogens with one attached hydrogen (secondary N) is 2. The first-order chi connectivity index (χ1) is 22.6. The van der Waals surface area contributed by atoms with Gasteiger partial charge in [-0.3, -0.25) is 24.1 Å². The minimum atomic E-state index is -0.730. The van der Waals surface area contributed by atoms with Gasteiger partial charge in [0.05, 0.1) is 12.1 Å². The minimum absolute atomic E-state index is 0.00901. The van der Waals surface area contributed by atoms with Crippen LogP contribution in [0.3, 0.4) is 0 Å². The molecule has 0 bridgehead atoms. The van der Waals surface area contributed by atoms with E-state index in [4.69, 9.17) is 0 Å². The van der Waals surface area contributed by atoms with Crippen LogP contribution in [0, 0.1) is 11.3 Å². The molecule has 2 fully saturated rings. The standard InChI is InChI=1S/C39H61N5O4/c1-25(2)33(42(9)38(48)34(39(6,7)8)41-36(46)31-20-12-13-22-43(31)26(3)4)24-27(5)37(47)44-23-15-21-32(44)35(45)40-30-19-14-17-28-16-10-11-18-29(28)30/h14,17,19,24-26,31-34H,10-13,15-16,18,20-23H2,1-9H3,(H,40,45)(H,41,46)/t31-,32+,33-,34-/m1/s1. The van der Waals surface area contributed by atoms with E-state index in [1.54, 1.807) is 23.8 Å². The third-order valence-electron chi connectivity index (χ3n) is 10.6. The zero-order chi connectivity index (χ0) is 35.3. The highest BCUT2D eigenvalue weighted by Gasteiger charge is 2.40. The molecule has 9 heteroatoms. The highest BCUT2D eigenvalue weighted by molar-refractivity contribution is 6.01. The molecule has 4 atom stereocenters. The third kappa shape index (κ3) is 8.68. The largest absolute Gasteiger partial charge is 0.342 e. The lowest BCUT2D eigenvalue weighted by molar-refractivity contribution is -0.142. The maximum absolute atomic E-state index is 14.2. The monoisotopic (exact) mass is 663 g/mol. The molecule has 1 aliphatic carbocycles. The van der Waals surface area contributed by atoms with Gasteiger partial charge in [-0.05, 0) is 107 Å². The van der Waals surface area contributed by atoms with Crippen molar-refractivity contribution in [1.29, 1.82) is 0 Å². The van der Waals surface area contributed by atoms with Gasteiger partial charge in [-0.25, -0.2) is 0 Å². The Kier molecular flexibility index (Phi) is 12.5. The number of anilines is 1. The topological polar surface area (TPSA) is 102 Å². The van der Waals surface area contributed by atoms with E-state index < -0.39 is 17.5 Å². The van der Waals surface area contributed by atoms with E-state index in [-0.39, 0.29) is 47.7 Å². The minimum Gasteiger partial charge on any atom is -0.342 e. The van der Waals surface area contributed by atoms with Crippen molar-refractivity contribution in [3.8, 4) is 0 Å². The fraction of sp³-hybridized carbons (Fsp3) is 0.692. The summed E-state index contributed by atoms with van der Waals surface area (Å²) in [6, 6.07) is 4.46. The highest BCUT2D eigenvalue weighted by Crippen LogP contribution is 2.30. The number of piperidine rings is 1. The molecule has 0 spiro atoms.